The van der Waals surface area contributed by atoms with E-state index in [-0.39, 0.29) is 5.75 Å². The lowest BCUT2D eigenvalue weighted by molar-refractivity contribution is 0.476. The molecule has 0 spiro atoms. The highest BCUT2D eigenvalue weighted by atomic mass is 16.3. The highest BCUT2D eigenvalue weighted by Crippen LogP contribution is 2.29. The summed E-state index contributed by atoms with van der Waals surface area (Å²) in [4.78, 5) is 4.65. The van der Waals surface area contributed by atoms with Crippen LogP contribution in [0.5, 0.6) is 5.75 Å². The number of phenols is 1. The number of anilines is 1. The van der Waals surface area contributed by atoms with Crippen LogP contribution in [0.25, 0.3) is 10.9 Å². The highest BCUT2D eigenvalue weighted by molar-refractivity contribution is 5.88. The molecule has 1 heterocycles. The molecule has 3 aromatic rings. The summed E-state index contributed by atoms with van der Waals surface area (Å²) in [6, 6.07) is 12.4. The Morgan fingerprint density at radius 1 is 0.913 bits per heavy atom. The summed E-state index contributed by atoms with van der Waals surface area (Å²) < 4.78 is 0. The predicted octanol–water partition coefficient (Wildman–Crippen LogP) is 4.79. The smallest absolute Gasteiger partial charge is 0.144 e. The maximum absolute atomic E-state index is 10.3. The molecule has 0 saturated heterocycles. The summed E-state index contributed by atoms with van der Waals surface area (Å²) in [5.74, 6) is 0.277. The number of pyridine rings is 1. The fraction of sp³-hybridized carbons (Fsp3) is 0.250. The van der Waals surface area contributed by atoms with Crippen LogP contribution in [0.4, 0.5) is 5.69 Å². The zero-order chi connectivity index (χ0) is 16.6. The third-order valence-corrected chi connectivity index (χ3v) is 4.26. The van der Waals surface area contributed by atoms with E-state index >= 15 is 0 Å². The first-order valence-electron chi connectivity index (χ1n) is 7.85. The fourth-order valence-corrected chi connectivity index (χ4v) is 2.87. The number of benzene rings is 2. The van der Waals surface area contributed by atoms with Crippen molar-refractivity contribution in [3.05, 3.63) is 64.3 Å². The van der Waals surface area contributed by atoms with Crippen LogP contribution in [-0.4, -0.2) is 10.1 Å². The summed E-state index contributed by atoms with van der Waals surface area (Å²) >= 11 is 0. The molecule has 1 aromatic heterocycles. The Hall–Kier alpha value is -2.55. The van der Waals surface area contributed by atoms with E-state index in [4.69, 9.17) is 0 Å². The number of nitrogens with zero attached hydrogens (tertiary/aromatic N) is 1. The van der Waals surface area contributed by atoms with Gasteiger partial charge in [-0.05, 0) is 62.1 Å². The Bertz CT molecular complexity index is 884. The van der Waals surface area contributed by atoms with Crippen LogP contribution in [0, 0.1) is 27.7 Å². The van der Waals surface area contributed by atoms with Crippen molar-refractivity contribution < 1.29 is 5.11 Å². The minimum Gasteiger partial charge on any atom is -0.505 e. The van der Waals surface area contributed by atoms with Crippen LogP contribution in [-0.2, 0) is 6.54 Å². The van der Waals surface area contributed by atoms with Crippen molar-refractivity contribution in [2.24, 2.45) is 0 Å². The van der Waals surface area contributed by atoms with Crippen LogP contribution < -0.4 is 5.32 Å². The monoisotopic (exact) mass is 306 g/mol. The fourth-order valence-electron chi connectivity index (χ4n) is 2.87. The summed E-state index contributed by atoms with van der Waals surface area (Å²) in [6.45, 7) is 8.76. The summed E-state index contributed by atoms with van der Waals surface area (Å²) in [5.41, 5.74) is 7.16. The van der Waals surface area contributed by atoms with Gasteiger partial charge in [-0.3, -0.25) is 0 Å². The van der Waals surface area contributed by atoms with E-state index in [1.165, 1.54) is 11.1 Å². The SMILES string of the molecule is Cc1ccc(C)c(NCc2ccc3c(C)cc(C)c(O)c3n2)c1. The van der Waals surface area contributed by atoms with Gasteiger partial charge in [0.1, 0.15) is 11.3 Å². The van der Waals surface area contributed by atoms with Crippen LogP contribution in [0.2, 0.25) is 0 Å². The first-order valence-corrected chi connectivity index (χ1v) is 7.85. The van der Waals surface area contributed by atoms with Crippen molar-refractivity contribution in [3.8, 4) is 5.75 Å². The number of rotatable bonds is 3. The third-order valence-electron chi connectivity index (χ3n) is 4.26. The van der Waals surface area contributed by atoms with Gasteiger partial charge in [0, 0.05) is 11.1 Å². The summed E-state index contributed by atoms with van der Waals surface area (Å²) in [5, 5.41) is 14.7. The number of nitrogens with one attached hydrogen (secondary N) is 1. The zero-order valence-electron chi connectivity index (χ0n) is 14.1. The molecule has 0 atom stereocenters. The quantitative estimate of drug-likeness (QED) is 0.731. The maximum Gasteiger partial charge on any atom is 0.144 e. The van der Waals surface area contributed by atoms with Crippen molar-refractivity contribution in [3.63, 3.8) is 0 Å². The Balaban J connectivity index is 1.92. The van der Waals surface area contributed by atoms with E-state index in [2.05, 4.69) is 42.3 Å². The molecular formula is C20H22N2O. The molecule has 0 aliphatic heterocycles. The van der Waals surface area contributed by atoms with Crippen molar-refractivity contribution in [2.45, 2.75) is 34.2 Å². The molecule has 0 unspecified atom stereocenters. The van der Waals surface area contributed by atoms with Crippen LogP contribution in [0.3, 0.4) is 0 Å². The second-order valence-corrected chi connectivity index (χ2v) is 6.23. The summed E-state index contributed by atoms with van der Waals surface area (Å²) in [7, 11) is 0. The molecule has 0 bridgehead atoms. The largest absolute Gasteiger partial charge is 0.505 e. The van der Waals surface area contributed by atoms with Gasteiger partial charge in [-0.1, -0.05) is 24.3 Å². The van der Waals surface area contributed by atoms with Gasteiger partial charge in [0.05, 0.1) is 12.2 Å². The lowest BCUT2D eigenvalue weighted by atomic mass is 10.0. The van der Waals surface area contributed by atoms with Crippen molar-refractivity contribution >= 4 is 16.6 Å². The van der Waals surface area contributed by atoms with E-state index in [1.807, 2.05) is 32.0 Å². The van der Waals surface area contributed by atoms with E-state index < -0.39 is 0 Å². The van der Waals surface area contributed by atoms with Crippen molar-refractivity contribution in [1.29, 1.82) is 0 Å². The molecular weight excluding hydrogens is 284 g/mol. The van der Waals surface area contributed by atoms with Gasteiger partial charge in [-0.15, -0.1) is 0 Å². The molecule has 118 valence electrons. The molecule has 2 N–H and O–H groups in total. The van der Waals surface area contributed by atoms with Crippen molar-refractivity contribution in [1.82, 2.24) is 4.98 Å². The van der Waals surface area contributed by atoms with Gasteiger partial charge < -0.3 is 10.4 Å². The van der Waals surface area contributed by atoms with E-state index in [1.54, 1.807) is 0 Å². The van der Waals surface area contributed by atoms with Gasteiger partial charge in [0.15, 0.2) is 0 Å². The minimum atomic E-state index is 0.277. The van der Waals surface area contributed by atoms with E-state index in [9.17, 15) is 5.11 Å². The number of hydrogen-bond acceptors (Lipinski definition) is 3. The topological polar surface area (TPSA) is 45.1 Å². The number of aryl methyl sites for hydroxylation is 4. The third kappa shape index (κ3) is 3.00. The molecule has 0 aliphatic rings. The van der Waals surface area contributed by atoms with Crippen LogP contribution in [0.15, 0.2) is 36.4 Å². The number of phenolic OH excluding ortho intramolecular Hbond substituents is 1. The number of fused-ring (bicyclic) bond motifs is 1. The lowest BCUT2D eigenvalue weighted by Crippen LogP contribution is -2.03. The standard InChI is InChI=1S/C20H22N2O/c1-12-5-6-13(2)18(9-12)21-11-16-7-8-17-14(3)10-15(4)20(23)19(17)22-16/h5-10,21,23H,11H2,1-4H3. The molecule has 23 heavy (non-hydrogen) atoms. The highest BCUT2D eigenvalue weighted by Gasteiger charge is 2.09. The first-order chi connectivity index (χ1) is 11.0. The van der Waals surface area contributed by atoms with Gasteiger partial charge in [0.25, 0.3) is 0 Å². The molecule has 3 heteroatoms. The van der Waals surface area contributed by atoms with Crippen LogP contribution >= 0.6 is 0 Å². The molecule has 0 fully saturated rings. The van der Waals surface area contributed by atoms with Gasteiger partial charge in [-0.25, -0.2) is 4.98 Å². The molecule has 3 nitrogen and oxygen atoms in total. The second kappa shape index (κ2) is 5.92. The number of aromatic hydroxyl groups is 1. The molecule has 0 aliphatic carbocycles. The van der Waals surface area contributed by atoms with Crippen LogP contribution in [0.1, 0.15) is 27.9 Å². The Morgan fingerprint density at radius 2 is 1.70 bits per heavy atom. The maximum atomic E-state index is 10.3. The van der Waals surface area contributed by atoms with Gasteiger partial charge in [-0.2, -0.15) is 0 Å². The predicted molar refractivity (Wildman–Crippen MR) is 96.1 cm³/mol. The normalized spacial score (nSPS) is 11.0. The summed E-state index contributed by atoms with van der Waals surface area (Å²) in [6.07, 6.45) is 0. The zero-order valence-corrected chi connectivity index (χ0v) is 14.1. The Labute approximate surface area is 137 Å². The molecule has 2 aromatic carbocycles. The Morgan fingerprint density at radius 3 is 2.48 bits per heavy atom. The average molecular weight is 306 g/mol. The average Bonchev–Trinajstić information content (AvgIpc) is 2.53. The van der Waals surface area contributed by atoms with Gasteiger partial charge >= 0.3 is 0 Å². The number of hydrogen-bond donors (Lipinski definition) is 2. The number of aromatic nitrogens is 1. The van der Waals surface area contributed by atoms with E-state index in [0.29, 0.717) is 12.1 Å². The molecule has 3 rings (SSSR count). The Kier molecular flexibility index (Phi) is 3.95. The molecule has 0 amide bonds. The van der Waals surface area contributed by atoms with Crippen molar-refractivity contribution in [2.75, 3.05) is 5.32 Å². The van der Waals surface area contributed by atoms with E-state index in [0.717, 1.165) is 27.9 Å². The molecule has 0 radical (unpaired) electrons. The molecule has 0 saturated carbocycles. The van der Waals surface area contributed by atoms with Gasteiger partial charge in [0.2, 0.25) is 0 Å². The minimum absolute atomic E-state index is 0.277. The second-order valence-electron chi connectivity index (χ2n) is 6.23. The first kappa shape index (κ1) is 15.3. The lowest BCUT2D eigenvalue weighted by Gasteiger charge is -2.12.